The van der Waals surface area contributed by atoms with Crippen molar-refractivity contribution in [3.63, 3.8) is 0 Å². The average Bonchev–Trinajstić information content (AvgIpc) is 2.85. The molecular formula is C13H16N2O4. The fourth-order valence-electron chi connectivity index (χ4n) is 1.79. The zero-order chi connectivity index (χ0) is 13.7. The number of carbonyl (C=O) groups excluding carboxylic acids is 2. The number of amides is 1. The topological polar surface area (TPSA) is 67.9 Å². The molecule has 1 unspecified atom stereocenters. The Morgan fingerprint density at radius 1 is 1.37 bits per heavy atom. The predicted octanol–water partition coefficient (Wildman–Crippen LogP) is 1.08. The van der Waals surface area contributed by atoms with E-state index in [-0.39, 0.29) is 18.7 Å². The molecule has 0 aromatic heterocycles. The van der Waals surface area contributed by atoms with E-state index in [4.69, 9.17) is 9.47 Å². The van der Waals surface area contributed by atoms with Crippen molar-refractivity contribution in [1.82, 2.24) is 10.4 Å². The third kappa shape index (κ3) is 3.96. The predicted molar refractivity (Wildman–Crippen MR) is 66.9 cm³/mol. The molecule has 0 radical (unpaired) electrons. The van der Waals surface area contributed by atoms with E-state index in [0.29, 0.717) is 13.1 Å². The lowest BCUT2D eigenvalue weighted by atomic mass is 10.2. The van der Waals surface area contributed by atoms with Crippen molar-refractivity contribution in [2.45, 2.75) is 19.6 Å². The van der Waals surface area contributed by atoms with Gasteiger partial charge in [-0.2, -0.15) is 0 Å². The quantitative estimate of drug-likeness (QED) is 0.827. The third-order valence-corrected chi connectivity index (χ3v) is 2.65. The van der Waals surface area contributed by atoms with Crippen molar-refractivity contribution in [2.75, 3.05) is 13.1 Å². The molecule has 1 aromatic carbocycles. The van der Waals surface area contributed by atoms with Gasteiger partial charge in [-0.05, 0) is 5.56 Å². The Kier molecular flexibility index (Phi) is 4.35. The molecule has 1 N–H and O–H groups in total. The minimum atomic E-state index is -0.474. The van der Waals surface area contributed by atoms with Crippen molar-refractivity contribution in [2.24, 2.45) is 0 Å². The number of hydrogen-bond acceptors (Lipinski definition) is 5. The number of carbonyl (C=O) groups is 2. The lowest BCUT2D eigenvalue weighted by molar-refractivity contribution is -0.145. The molecule has 1 atom stereocenters. The van der Waals surface area contributed by atoms with Crippen LogP contribution in [0.4, 0.5) is 4.79 Å². The summed E-state index contributed by atoms with van der Waals surface area (Å²) in [5, 5.41) is 1.32. The summed E-state index contributed by atoms with van der Waals surface area (Å²) in [6.45, 7) is 2.28. The molecule has 102 valence electrons. The first-order chi connectivity index (χ1) is 9.15. The molecule has 0 spiro atoms. The summed E-state index contributed by atoms with van der Waals surface area (Å²) in [6.07, 6.45) is -0.791. The first kappa shape index (κ1) is 13.4. The summed E-state index contributed by atoms with van der Waals surface area (Å²) >= 11 is 0. The average molecular weight is 264 g/mol. The van der Waals surface area contributed by atoms with E-state index < -0.39 is 6.09 Å². The zero-order valence-corrected chi connectivity index (χ0v) is 10.7. The molecule has 19 heavy (non-hydrogen) atoms. The minimum Gasteiger partial charge on any atom is -0.459 e. The van der Waals surface area contributed by atoms with E-state index in [1.165, 1.54) is 11.9 Å². The Morgan fingerprint density at radius 3 is 2.79 bits per heavy atom. The van der Waals surface area contributed by atoms with E-state index in [1.807, 2.05) is 30.3 Å². The maximum atomic E-state index is 11.8. The molecule has 2 rings (SSSR count). The molecule has 1 fully saturated rings. The first-order valence-corrected chi connectivity index (χ1v) is 6.04. The second-order valence-corrected chi connectivity index (χ2v) is 4.24. The summed E-state index contributed by atoms with van der Waals surface area (Å²) in [7, 11) is 0. The lowest BCUT2D eigenvalue weighted by Gasteiger charge is -2.15. The summed E-state index contributed by atoms with van der Waals surface area (Å²) in [5.41, 5.74) is 3.75. The smallest absolute Gasteiger partial charge is 0.424 e. The van der Waals surface area contributed by atoms with E-state index >= 15 is 0 Å². The number of rotatable bonds is 3. The zero-order valence-electron chi connectivity index (χ0n) is 10.7. The Balaban J connectivity index is 1.77. The van der Waals surface area contributed by atoms with Crippen LogP contribution >= 0.6 is 0 Å². The van der Waals surface area contributed by atoms with Gasteiger partial charge in [-0.1, -0.05) is 30.3 Å². The fraction of sp³-hybridized carbons (Fsp3) is 0.385. The molecule has 6 nitrogen and oxygen atoms in total. The standard InChI is InChI=1S/C13H16N2O4/c1-10(16)19-12-7-14-15(8-12)13(17)18-9-11-5-3-2-4-6-11/h2-6,12,14H,7-9H2,1H3. The Morgan fingerprint density at radius 2 is 2.11 bits per heavy atom. The number of nitrogens with one attached hydrogen (secondary N) is 1. The van der Waals surface area contributed by atoms with Gasteiger partial charge in [0.25, 0.3) is 0 Å². The van der Waals surface area contributed by atoms with Gasteiger partial charge in [0, 0.05) is 6.92 Å². The summed E-state index contributed by atoms with van der Waals surface area (Å²) in [5.74, 6) is -0.355. The molecule has 0 saturated carbocycles. The minimum absolute atomic E-state index is 0.218. The van der Waals surface area contributed by atoms with Crippen LogP contribution in [0.3, 0.4) is 0 Å². The van der Waals surface area contributed by atoms with Crippen LogP contribution in [-0.2, 0) is 20.9 Å². The number of esters is 1. The van der Waals surface area contributed by atoms with Gasteiger partial charge in [0.15, 0.2) is 0 Å². The Hall–Kier alpha value is -2.08. The van der Waals surface area contributed by atoms with Gasteiger partial charge in [-0.3, -0.25) is 4.79 Å². The monoisotopic (exact) mass is 264 g/mol. The molecule has 1 saturated heterocycles. The highest BCUT2D eigenvalue weighted by Crippen LogP contribution is 2.07. The van der Waals surface area contributed by atoms with Gasteiger partial charge in [0.1, 0.15) is 12.7 Å². The van der Waals surface area contributed by atoms with Crippen LogP contribution in [0.5, 0.6) is 0 Å². The number of hydrazine groups is 1. The van der Waals surface area contributed by atoms with Crippen LogP contribution < -0.4 is 5.43 Å². The van der Waals surface area contributed by atoms with Crippen LogP contribution in [-0.4, -0.2) is 36.3 Å². The van der Waals surface area contributed by atoms with Crippen molar-refractivity contribution >= 4 is 12.1 Å². The second kappa shape index (κ2) is 6.19. The Bertz CT molecular complexity index is 449. The highest BCUT2D eigenvalue weighted by atomic mass is 16.6. The highest BCUT2D eigenvalue weighted by Gasteiger charge is 2.28. The molecule has 0 aliphatic carbocycles. The summed E-state index contributed by atoms with van der Waals surface area (Å²) in [4.78, 5) is 22.6. The molecule has 6 heteroatoms. The van der Waals surface area contributed by atoms with E-state index in [1.54, 1.807) is 0 Å². The van der Waals surface area contributed by atoms with Crippen molar-refractivity contribution < 1.29 is 19.1 Å². The summed E-state index contributed by atoms with van der Waals surface area (Å²) < 4.78 is 10.2. The van der Waals surface area contributed by atoms with Crippen molar-refractivity contribution in [1.29, 1.82) is 0 Å². The maximum absolute atomic E-state index is 11.8. The van der Waals surface area contributed by atoms with E-state index in [0.717, 1.165) is 5.56 Å². The largest absolute Gasteiger partial charge is 0.459 e. The van der Waals surface area contributed by atoms with Crippen LogP contribution in [0.1, 0.15) is 12.5 Å². The van der Waals surface area contributed by atoms with Crippen LogP contribution in [0.25, 0.3) is 0 Å². The number of benzene rings is 1. The lowest BCUT2D eigenvalue weighted by Crippen LogP contribution is -2.37. The fourth-order valence-corrected chi connectivity index (χ4v) is 1.79. The molecule has 1 heterocycles. The molecule has 0 bridgehead atoms. The van der Waals surface area contributed by atoms with Crippen molar-refractivity contribution in [3.05, 3.63) is 35.9 Å². The van der Waals surface area contributed by atoms with Gasteiger partial charge >= 0.3 is 12.1 Å². The normalized spacial score (nSPS) is 18.2. The highest BCUT2D eigenvalue weighted by molar-refractivity contribution is 5.68. The van der Waals surface area contributed by atoms with Gasteiger partial charge in [-0.25, -0.2) is 15.2 Å². The molecular weight excluding hydrogens is 248 g/mol. The number of ether oxygens (including phenoxy) is 2. The number of nitrogens with zero attached hydrogens (tertiary/aromatic N) is 1. The Labute approximate surface area is 111 Å². The van der Waals surface area contributed by atoms with Crippen LogP contribution in [0.2, 0.25) is 0 Å². The van der Waals surface area contributed by atoms with Gasteiger partial charge < -0.3 is 9.47 Å². The van der Waals surface area contributed by atoms with E-state index in [9.17, 15) is 9.59 Å². The SMILES string of the molecule is CC(=O)OC1CNN(C(=O)OCc2ccccc2)C1. The van der Waals surface area contributed by atoms with Gasteiger partial charge in [-0.15, -0.1) is 0 Å². The molecule has 1 aliphatic rings. The second-order valence-electron chi connectivity index (χ2n) is 4.24. The third-order valence-electron chi connectivity index (χ3n) is 2.65. The van der Waals surface area contributed by atoms with Crippen LogP contribution in [0, 0.1) is 0 Å². The number of hydrogen-bond donors (Lipinski definition) is 1. The summed E-state index contributed by atoms with van der Waals surface area (Å²) in [6, 6.07) is 9.43. The van der Waals surface area contributed by atoms with E-state index in [2.05, 4.69) is 5.43 Å². The molecule has 1 amide bonds. The maximum Gasteiger partial charge on any atom is 0.424 e. The molecule has 1 aliphatic heterocycles. The van der Waals surface area contributed by atoms with Gasteiger partial charge in [0.05, 0.1) is 13.1 Å². The van der Waals surface area contributed by atoms with Crippen molar-refractivity contribution in [3.8, 4) is 0 Å². The first-order valence-electron chi connectivity index (χ1n) is 6.04. The van der Waals surface area contributed by atoms with Gasteiger partial charge in [0.2, 0.25) is 0 Å². The van der Waals surface area contributed by atoms with Crippen LogP contribution in [0.15, 0.2) is 30.3 Å². The molecule has 1 aromatic rings.